The predicted octanol–water partition coefficient (Wildman–Crippen LogP) is 3.48. The number of likely N-dealkylation sites (N-methyl/N-ethyl adjacent to an activating group) is 1. The zero-order valence-electron chi connectivity index (χ0n) is 13.5. The Hall–Kier alpha value is -2.46. The Labute approximate surface area is 136 Å². The van der Waals surface area contributed by atoms with Gasteiger partial charge in [-0.25, -0.2) is 0 Å². The predicted molar refractivity (Wildman–Crippen MR) is 91.2 cm³/mol. The second kappa shape index (κ2) is 7.20. The second-order valence-corrected chi connectivity index (χ2v) is 5.73. The molecule has 0 radical (unpaired) electrons. The van der Waals surface area contributed by atoms with Gasteiger partial charge in [0.25, 0.3) is 5.89 Å². The highest BCUT2D eigenvalue weighted by molar-refractivity contribution is 5.59. The Morgan fingerprint density at radius 3 is 2.57 bits per heavy atom. The molecule has 23 heavy (non-hydrogen) atoms. The standard InChI is InChI=1S/C19H21N3O/c1-14(20-2)12-18-21-19(23-22-18)17-11-7-6-10-16(17)13-15-8-4-3-5-9-15/h3-11,14,20H,12-13H2,1-2H3. The van der Waals surface area contributed by atoms with E-state index in [2.05, 4.69) is 52.7 Å². The molecule has 0 aliphatic heterocycles. The lowest BCUT2D eigenvalue weighted by Gasteiger charge is -2.06. The number of benzene rings is 2. The molecule has 1 N–H and O–H groups in total. The summed E-state index contributed by atoms with van der Waals surface area (Å²) in [4.78, 5) is 4.55. The van der Waals surface area contributed by atoms with E-state index in [9.17, 15) is 0 Å². The fourth-order valence-corrected chi connectivity index (χ4v) is 2.52. The molecule has 1 aromatic heterocycles. The van der Waals surface area contributed by atoms with Crippen LogP contribution in [0.15, 0.2) is 59.1 Å². The number of rotatable bonds is 6. The van der Waals surface area contributed by atoms with Crippen LogP contribution in [-0.2, 0) is 12.8 Å². The average molecular weight is 307 g/mol. The minimum Gasteiger partial charge on any atom is -0.334 e. The number of nitrogens with zero attached hydrogens (tertiary/aromatic N) is 2. The zero-order chi connectivity index (χ0) is 16.1. The molecule has 3 aromatic rings. The lowest BCUT2D eigenvalue weighted by Crippen LogP contribution is -2.24. The first-order chi connectivity index (χ1) is 11.3. The molecule has 0 spiro atoms. The summed E-state index contributed by atoms with van der Waals surface area (Å²) in [5.74, 6) is 1.33. The van der Waals surface area contributed by atoms with Crippen molar-refractivity contribution in [3.05, 3.63) is 71.5 Å². The molecule has 1 atom stereocenters. The first kappa shape index (κ1) is 15.4. The molecule has 4 nitrogen and oxygen atoms in total. The lowest BCUT2D eigenvalue weighted by molar-refractivity contribution is 0.418. The van der Waals surface area contributed by atoms with Crippen molar-refractivity contribution < 1.29 is 4.52 Å². The lowest BCUT2D eigenvalue weighted by atomic mass is 10.00. The van der Waals surface area contributed by atoms with Gasteiger partial charge < -0.3 is 9.84 Å². The SMILES string of the molecule is CNC(C)Cc1noc(-c2ccccc2Cc2ccccc2)n1. The average Bonchev–Trinajstić information content (AvgIpc) is 3.04. The largest absolute Gasteiger partial charge is 0.334 e. The van der Waals surface area contributed by atoms with Crippen LogP contribution in [0.1, 0.15) is 23.9 Å². The molecule has 2 aromatic carbocycles. The van der Waals surface area contributed by atoms with Gasteiger partial charge in [-0.05, 0) is 37.6 Å². The van der Waals surface area contributed by atoms with Crippen molar-refractivity contribution in [3.8, 4) is 11.5 Å². The van der Waals surface area contributed by atoms with E-state index in [0.29, 0.717) is 11.9 Å². The number of hydrogen-bond donors (Lipinski definition) is 1. The van der Waals surface area contributed by atoms with Crippen molar-refractivity contribution in [1.82, 2.24) is 15.5 Å². The van der Waals surface area contributed by atoms with Crippen LogP contribution in [0.5, 0.6) is 0 Å². The number of nitrogens with one attached hydrogen (secondary N) is 1. The molecule has 3 rings (SSSR count). The highest BCUT2D eigenvalue weighted by Gasteiger charge is 2.14. The van der Waals surface area contributed by atoms with E-state index in [-0.39, 0.29) is 0 Å². The molecule has 0 saturated carbocycles. The van der Waals surface area contributed by atoms with Crippen molar-refractivity contribution in [1.29, 1.82) is 0 Å². The monoisotopic (exact) mass is 307 g/mol. The van der Waals surface area contributed by atoms with E-state index in [4.69, 9.17) is 4.52 Å². The molecule has 0 saturated heterocycles. The molecule has 0 bridgehead atoms. The summed E-state index contributed by atoms with van der Waals surface area (Å²) in [6.45, 7) is 2.10. The Morgan fingerprint density at radius 1 is 1.04 bits per heavy atom. The molecule has 1 heterocycles. The molecule has 0 amide bonds. The first-order valence-corrected chi connectivity index (χ1v) is 7.88. The molecular weight excluding hydrogens is 286 g/mol. The maximum absolute atomic E-state index is 5.49. The van der Waals surface area contributed by atoms with Crippen LogP contribution in [0.25, 0.3) is 11.5 Å². The van der Waals surface area contributed by atoms with Crippen molar-refractivity contribution >= 4 is 0 Å². The Morgan fingerprint density at radius 2 is 1.78 bits per heavy atom. The van der Waals surface area contributed by atoms with Crippen LogP contribution in [0.3, 0.4) is 0 Å². The summed E-state index contributed by atoms with van der Waals surface area (Å²) in [6.07, 6.45) is 1.60. The zero-order valence-corrected chi connectivity index (χ0v) is 13.5. The highest BCUT2D eigenvalue weighted by atomic mass is 16.5. The summed E-state index contributed by atoms with van der Waals surface area (Å²) in [6, 6.07) is 18.9. The van der Waals surface area contributed by atoms with E-state index in [1.165, 1.54) is 11.1 Å². The van der Waals surface area contributed by atoms with Gasteiger partial charge in [-0.3, -0.25) is 0 Å². The molecule has 0 fully saturated rings. The van der Waals surface area contributed by atoms with Crippen molar-refractivity contribution in [2.24, 2.45) is 0 Å². The van der Waals surface area contributed by atoms with Crippen LogP contribution in [-0.4, -0.2) is 23.2 Å². The quantitative estimate of drug-likeness (QED) is 0.757. The van der Waals surface area contributed by atoms with E-state index in [1.807, 2.05) is 31.3 Å². The normalized spacial score (nSPS) is 12.3. The Balaban J connectivity index is 1.86. The minimum absolute atomic E-state index is 0.319. The summed E-state index contributed by atoms with van der Waals surface area (Å²) in [5.41, 5.74) is 3.46. The van der Waals surface area contributed by atoms with Crippen LogP contribution >= 0.6 is 0 Å². The van der Waals surface area contributed by atoms with Crippen molar-refractivity contribution in [2.45, 2.75) is 25.8 Å². The van der Waals surface area contributed by atoms with Gasteiger partial charge in [0, 0.05) is 18.0 Å². The summed E-state index contributed by atoms with van der Waals surface area (Å²) < 4.78 is 5.49. The fourth-order valence-electron chi connectivity index (χ4n) is 2.52. The van der Waals surface area contributed by atoms with Gasteiger partial charge in [-0.2, -0.15) is 4.98 Å². The third kappa shape index (κ3) is 3.85. The number of aromatic nitrogens is 2. The fraction of sp³-hybridized carbons (Fsp3) is 0.263. The highest BCUT2D eigenvalue weighted by Crippen LogP contribution is 2.24. The summed E-state index contributed by atoms with van der Waals surface area (Å²) in [7, 11) is 1.93. The smallest absolute Gasteiger partial charge is 0.258 e. The van der Waals surface area contributed by atoms with Crippen LogP contribution < -0.4 is 5.32 Å². The maximum atomic E-state index is 5.49. The van der Waals surface area contributed by atoms with Gasteiger partial charge in [0.2, 0.25) is 0 Å². The molecule has 118 valence electrons. The van der Waals surface area contributed by atoms with Gasteiger partial charge >= 0.3 is 0 Å². The van der Waals surface area contributed by atoms with Crippen LogP contribution in [0.2, 0.25) is 0 Å². The van der Waals surface area contributed by atoms with E-state index in [1.54, 1.807) is 0 Å². The van der Waals surface area contributed by atoms with Gasteiger partial charge in [0.15, 0.2) is 5.82 Å². The van der Waals surface area contributed by atoms with Gasteiger partial charge in [-0.15, -0.1) is 0 Å². The van der Waals surface area contributed by atoms with Crippen LogP contribution in [0.4, 0.5) is 0 Å². The number of hydrogen-bond acceptors (Lipinski definition) is 4. The van der Waals surface area contributed by atoms with Gasteiger partial charge in [0.05, 0.1) is 0 Å². The molecule has 0 aliphatic rings. The Kier molecular flexibility index (Phi) is 4.83. The Bertz CT molecular complexity index is 752. The third-order valence-electron chi connectivity index (χ3n) is 3.93. The third-order valence-corrected chi connectivity index (χ3v) is 3.93. The topological polar surface area (TPSA) is 51.0 Å². The molecule has 0 aliphatic carbocycles. The summed E-state index contributed by atoms with van der Waals surface area (Å²) >= 11 is 0. The second-order valence-electron chi connectivity index (χ2n) is 5.73. The van der Waals surface area contributed by atoms with E-state index < -0.39 is 0 Å². The van der Waals surface area contributed by atoms with Gasteiger partial charge in [-0.1, -0.05) is 53.7 Å². The van der Waals surface area contributed by atoms with Gasteiger partial charge in [0.1, 0.15) is 0 Å². The maximum Gasteiger partial charge on any atom is 0.258 e. The van der Waals surface area contributed by atoms with E-state index >= 15 is 0 Å². The van der Waals surface area contributed by atoms with E-state index in [0.717, 1.165) is 24.2 Å². The summed E-state index contributed by atoms with van der Waals surface area (Å²) in [5, 5.41) is 7.29. The first-order valence-electron chi connectivity index (χ1n) is 7.88. The van der Waals surface area contributed by atoms with Crippen molar-refractivity contribution in [3.63, 3.8) is 0 Å². The minimum atomic E-state index is 0.319. The molecule has 4 heteroatoms. The van der Waals surface area contributed by atoms with Crippen LogP contribution in [0, 0.1) is 0 Å². The molecular formula is C19H21N3O. The molecule has 1 unspecified atom stereocenters. The van der Waals surface area contributed by atoms with Crippen molar-refractivity contribution in [2.75, 3.05) is 7.05 Å².